The molecule has 0 atom stereocenters. The van der Waals surface area contributed by atoms with Crippen LogP contribution in [0.3, 0.4) is 0 Å². The van der Waals surface area contributed by atoms with Crippen molar-refractivity contribution in [2.75, 3.05) is 0 Å². The Morgan fingerprint density at radius 1 is 1.56 bits per heavy atom. The molecule has 0 aliphatic rings. The van der Waals surface area contributed by atoms with Crippen LogP contribution in [-0.4, -0.2) is 15.6 Å². The normalized spacial score (nSPS) is 10.6. The van der Waals surface area contributed by atoms with Crippen molar-refractivity contribution in [3.8, 4) is 0 Å². The van der Waals surface area contributed by atoms with E-state index in [4.69, 9.17) is 0 Å². The predicted molar refractivity (Wildman–Crippen MR) is 67.8 cm³/mol. The largest absolute Gasteiger partial charge is 0.293 e. The van der Waals surface area contributed by atoms with Crippen LogP contribution in [0.2, 0.25) is 0 Å². The summed E-state index contributed by atoms with van der Waals surface area (Å²) in [7, 11) is 0. The minimum Gasteiger partial charge on any atom is -0.293 e. The van der Waals surface area contributed by atoms with E-state index in [0.717, 1.165) is 22.3 Å². The van der Waals surface area contributed by atoms with Crippen LogP contribution in [0.15, 0.2) is 34.4 Å². The van der Waals surface area contributed by atoms with Gasteiger partial charge >= 0.3 is 0 Å². The molecule has 0 saturated heterocycles. The zero-order chi connectivity index (χ0) is 11.4. The predicted octanol–water partition coefficient (Wildman–Crippen LogP) is 3.37. The van der Waals surface area contributed by atoms with Crippen molar-refractivity contribution < 1.29 is 4.79 Å². The van der Waals surface area contributed by atoms with Gasteiger partial charge in [-0.1, -0.05) is 6.07 Å². The summed E-state index contributed by atoms with van der Waals surface area (Å²) in [6.07, 6.45) is 5.07. The highest BCUT2D eigenvalue weighted by Gasteiger charge is 2.06. The van der Waals surface area contributed by atoms with E-state index >= 15 is 0 Å². The number of hydrogen-bond acceptors (Lipinski definition) is 3. The molecule has 16 heavy (non-hydrogen) atoms. The minimum atomic E-state index is 0.223. The Morgan fingerprint density at radius 2 is 2.44 bits per heavy atom. The zero-order valence-electron chi connectivity index (χ0n) is 8.60. The number of thiophene rings is 1. The van der Waals surface area contributed by atoms with Crippen LogP contribution in [-0.2, 0) is 6.54 Å². The fourth-order valence-electron chi connectivity index (χ4n) is 1.42. The molecular formula is C11H11BrN2OS. The van der Waals surface area contributed by atoms with Crippen LogP contribution >= 0.6 is 27.3 Å². The third-order valence-corrected chi connectivity index (χ3v) is 3.51. The van der Waals surface area contributed by atoms with E-state index in [2.05, 4.69) is 21.0 Å². The maximum absolute atomic E-state index is 11.7. The van der Waals surface area contributed by atoms with E-state index in [1.54, 1.807) is 6.20 Å². The highest BCUT2D eigenvalue weighted by Crippen LogP contribution is 2.13. The molecule has 0 amide bonds. The topological polar surface area (TPSA) is 34.9 Å². The number of halogens is 1. The molecule has 0 aromatic carbocycles. The summed E-state index contributed by atoms with van der Waals surface area (Å²) in [5.74, 6) is 0.223. The van der Waals surface area contributed by atoms with Crippen LogP contribution in [0.1, 0.15) is 22.5 Å². The highest BCUT2D eigenvalue weighted by molar-refractivity contribution is 9.10. The van der Waals surface area contributed by atoms with Gasteiger partial charge in [-0.05, 0) is 33.8 Å². The Hall–Kier alpha value is -0.940. The van der Waals surface area contributed by atoms with Crippen molar-refractivity contribution >= 4 is 33.0 Å². The van der Waals surface area contributed by atoms with Gasteiger partial charge in [0.05, 0.1) is 15.5 Å². The van der Waals surface area contributed by atoms with Gasteiger partial charge in [0, 0.05) is 19.2 Å². The number of aryl methyl sites for hydroxylation is 1. The summed E-state index contributed by atoms with van der Waals surface area (Å²) < 4.78 is 2.81. The first-order chi connectivity index (χ1) is 7.75. The van der Waals surface area contributed by atoms with Crippen LogP contribution < -0.4 is 0 Å². The molecule has 0 N–H and O–H groups in total. The highest BCUT2D eigenvalue weighted by atomic mass is 79.9. The van der Waals surface area contributed by atoms with E-state index in [9.17, 15) is 4.79 Å². The fraction of sp³-hybridized carbons (Fsp3) is 0.273. The van der Waals surface area contributed by atoms with Gasteiger partial charge in [-0.15, -0.1) is 11.3 Å². The third-order valence-electron chi connectivity index (χ3n) is 2.19. The number of hydrogen-bond donors (Lipinski definition) is 0. The van der Waals surface area contributed by atoms with Gasteiger partial charge in [-0.3, -0.25) is 9.48 Å². The zero-order valence-corrected chi connectivity index (χ0v) is 11.0. The number of ketones is 1. The number of nitrogens with zero attached hydrogens (tertiary/aromatic N) is 2. The minimum absolute atomic E-state index is 0.223. The molecule has 2 heterocycles. The van der Waals surface area contributed by atoms with E-state index in [-0.39, 0.29) is 5.78 Å². The third kappa shape index (κ3) is 3.02. The molecule has 3 nitrogen and oxygen atoms in total. The molecule has 0 fully saturated rings. The van der Waals surface area contributed by atoms with Crippen molar-refractivity contribution in [2.45, 2.75) is 19.4 Å². The second-order valence-corrected chi connectivity index (χ2v) is 5.29. The lowest BCUT2D eigenvalue weighted by atomic mass is 10.2. The van der Waals surface area contributed by atoms with Gasteiger partial charge < -0.3 is 0 Å². The Morgan fingerprint density at radius 3 is 3.06 bits per heavy atom. The number of Topliss-reactive ketones (excluding diaryl/α,β-unsaturated/α-hetero) is 1. The molecule has 0 bridgehead atoms. The fourth-order valence-corrected chi connectivity index (χ4v) is 2.44. The smallest absolute Gasteiger partial charge is 0.172 e. The monoisotopic (exact) mass is 298 g/mol. The Bertz CT molecular complexity index is 464. The summed E-state index contributed by atoms with van der Waals surface area (Å²) in [5.41, 5.74) is 0. The van der Waals surface area contributed by atoms with Crippen molar-refractivity contribution in [1.29, 1.82) is 0 Å². The number of aromatic nitrogens is 2. The SMILES string of the molecule is O=C(CCCn1cc(Br)cn1)c1cccs1. The second kappa shape index (κ2) is 5.41. The van der Waals surface area contributed by atoms with Crippen LogP contribution in [0.25, 0.3) is 0 Å². The summed E-state index contributed by atoms with van der Waals surface area (Å²) in [4.78, 5) is 12.5. The van der Waals surface area contributed by atoms with Gasteiger partial charge in [0.15, 0.2) is 5.78 Å². The van der Waals surface area contributed by atoms with Crippen molar-refractivity contribution in [3.05, 3.63) is 39.3 Å². The molecule has 0 radical (unpaired) electrons. The van der Waals surface area contributed by atoms with E-state index < -0.39 is 0 Å². The van der Waals surface area contributed by atoms with Crippen LogP contribution in [0.5, 0.6) is 0 Å². The van der Waals surface area contributed by atoms with E-state index in [0.29, 0.717) is 6.42 Å². The van der Waals surface area contributed by atoms with Crippen molar-refractivity contribution in [1.82, 2.24) is 9.78 Å². The van der Waals surface area contributed by atoms with Crippen molar-refractivity contribution in [3.63, 3.8) is 0 Å². The number of carbonyl (C=O) groups excluding carboxylic acids is 1. The summed E-state index contributed by atoms with van der Waals surface area (Å²) >= 11 is 4.84. The summed E-state index contributed by atoms with van der Waals surface area (Å²) in [6, 6.07) is 3.78. The van der Waals surface area contributed by atoms with Gasteiger partial charge in [-0.25, -0.2) is 0 Å². The number of carbonyl (C=O) groups is 1. The summed E-state index contributed by atoms with van der Waals surface area (Å²) in [5, 5.41) is 6.06. The standard InChI is InChI=1S/C11H11BrN2OS/c12-9-7-13-14(8-9)5-1-3-10(15)11-4-2-6-16-11/h2,4,6-8H,1,3,5H2. The second-order valence-electron chi connectivity index (χ2n) is 3.43. The summed E-state index contributed by atoms with van der Waals surface area (Å²) in [6.45, 7) is 0.780. The Balaban J connectivity index is 1.78. The molecule has 2 rings (SSSR count). The first kappa shape index (κ1) is 11.5. The average Bonchev–Trinajstić information content (AvgIpc) is 2.89. The van der Waals surface area contributed by atoms with Crippen LogP contribution in [0, 0.1) is 0 Å². The quantitative estimate of drug-likeness (QED) is 0.793. The molecular weight excluding hydrogens is 288 g/mol. The Kier molecular flexibility index (Phi) is 3.90. The van der Waals surface area contributed by atoms with Gasteiger partial charge in [-0.2, -0.15) is 5.10 Å². The molecule has 0 unspecified atom stereocenters. The lowest BCUT2D eigenvalue weighted by Crippen LogP contribution is -2.02. The Labute approximate surface area is 106 Å². The maximum atomic E-state index is 11.7. The average molecular weight is 299 g/mol. The molecule has 0 spiro atoms. The number of rotatable bonds is 5. The van der Waals surface area contributed by atoms with Gasteiger partial charge in [0.2, 0.25) is 0 Å². The molecule has 2 aromatic rings. The lowest BCUT2D eigenvalue weighted by Gasteiger charge is -1.99. The van der Waals surface area contributed by atoms with Crippen molar-refractivity contribution in [2.24, 2.45) is 0 Å². The van der Waals surface area contributed by atoms with E-state index in [1.165, 1.54) is 11.3 Å². The first-order valence-corrected chi connectivity index (χ1v) is 6.67. The van der Waals surface area contributed by atoms with Gasteiger partial charge in [0.25, 0.3) is 0 Å². The first-order valence-electron chi connectivity index (χ1n) is 5.00. The molecule has 0 saturated carbocycles. The lowest BCUT2D eigenvalue weighted by molar-refractivity contribution is 0.0982. The molecule has 0 aliphatic heterocycles. The molecule has 0 aliphatic carbocycles. The maximum Gasteiger partial charge on any atom is 0.172 e. The van der Waals surface area contributed by atoms with Crippen LogP contribution in [0.4, 0.5) is 0 Å². The molecule has 2 aromatic heterocycles. The molecule has 84 valence electrons. The van der Waals surface area contributed by atoms with E-state index in [1.807, 2.05) is 28.4 Å². The molecule has 5 heteroatoms. The van der Waals surface area contributed by atoms with Gasteiger partial charge in [0.1, 0.15) is 0 Å².